The fraction of sp³-hybridized carbons (Fsp3) is 0.308. The molecule has 0 bridgehead atoms. The molecule has 2 aromatic rings. The molecule has 98 valence electrons. The second-order valence-corrected chi connectivity index (χ2v) is 4.88. The minimum absolute atomic E-state index is 0.253. The summed E-state index contributed by atoms with van der Waals surface area (Å²) in [5.74, 6) is 0.128. The lowest BCUT2D eigenvalue weighted by Gasteiger charge is -2.04. The Balaban J connectivity index is 1.80. The monoisotopic (exact) mass is 257 g/mol. The van der Waals surface area contributed by atoms with Crippen LogP contribution in [0.3, 0.4) is 0 Å². The Kier molecular flexibility index (Phi) is 2.70. The van der Waals surface area contributed by atoms with E-state index in [-0.39, 0.29) is 11.6 Å². The molecule has 0 unspecified atom stereocenters. The maximum atomic E-state index is 12.1. The number of aromatic nitrogens is 3. The first-order valence-electron chi connectivity index (χ1n) is 6.22. The van der Waals surface area contributed by atoms with Gasteiger partial charge in [0.05, 0.1) is 23.3 Å². The van der Waals surface area contributed by atoms with E-state index < -0.39 is 0 Å². The summed E-state index contributed by atoms with van der Waals surface area (Å²) in [6, 6.07) is 1.84. The van der Waals surface area contributed by atoms with Crippen molar-refractivity contribution in [2.75, 3.05) is 11.1 Å². The molecule has 0 radical (unpaired) electrons. The van der Waals surface area contributed by atoms with Crippen molar-refractivity contribution in [3.63, 3.8) is 0 Å². The Hall–Kier alpha value is -2.37. The number of nitrogens with two attached hydrogens (primary N) is 1. The molecular weight excluding hydrogens is 242 g/mol. The van der Waals surface area contributed by atoms with Gasteiger partial charge in [-0.05, 0) is 31.4 Å². The summed E-state index contributed by atoms with van der Waals surface area (Å²) in [5, 5.41) is 9.62. The molecule has 2 aromatic heterocycles. The van der Waals surface area contributed by atoms with Gasteiger partial charge < -0.3 is 11.1 Å². The Morgan fingerprint density at radius 1 is 1.47 bits per heavy atom. The summed E-state index contributed by atoms with van der Waals surface area (Å²) in [6.07, 6.45) is 5.53. The van der Waals surface area contributed by atoms with Crippen molar-refractivity contribution in [3.05, 3.63) is 35.4 Å². The number of nitrogen functional groups attached to an aromatic ring is 1. The molecule has 6 nitrogen and oxygen atoms in total. The number of hydrogen-bond donors (Lipinski definition) is 3. The lowest BCUT2D eigenvalue weighted by atomic mass is 10.2. The molecule has 1 saturated carbocycles. The van der Waals surface area contributed by atoms with Gasteiger partial charge >= 0.3 is 0 Å². The van der Waals surface area contributed by atoms with Gasteiger partial charge in [-0.15, -0.1) is 0 Å². The number of carbonyl (C=O) groups is 1. The van der Waals surface area contributed by atoms with Crippen molar-refractivity contribution >= 4 is 17.3 Å². The Labute approximate surface area is 110 Å². The third-order valence-corrected chi connectivity index (χ3v) is 3.17. The van der Waals surface area contributed by atoms with Gasteiger partial charge in [-0.1, -0.05) is 0 Å². The summed E-state index contributed by atoms with van der Waals surface area (Å²) < 4.78 is 0. The van der Waals surface area contributed by atoms with Crippen molar-refractivity contribution < 1.29 is 4.79 Å². The van der Waals surface area contributed by atoms with Crippen LogP contribution >= 0.6 is 0 Å². The van der Waals surface area contributed by atoms with Gasteiger partial charge in [0.1, 0.15) is 0 Å². The molecule has 0 spiro atoms. The van der Waals surface area contributed by atoms with Gasteiger partial charge in [-0.2, -0.15) is 5.10 Å². The standard InChI is InChI=1S/C13H15N5O/c1-7-4-9(6-15-5-7)16-13(19)12-10(14)11(17-18-12)8-2-3-8/h4-6,8H,2-3,14H2,1H3,(H,16,19)(H,17,18). The molecule has 0 atom stereocenters. The minimum Gasteiger partial charge on any atom is -0.395 e. The van der Waals surface area contributed by atoms with Gasteiger partial charge in [0, 0.05) is 12.1 Å². The summed E-state index contributed by atoms with van der Waals surface area (Å²) in [7, 11) is 0. The number of aromatic amines is 1. The Morgan fingerprint density at radius 3 is 2.95 bits per heavy atom. The van der Waals surface area contributed by atoms with Crippen LogP contribution in [0.5, 0.6) is 0 Å². The van der Waals surface area contributed by atoms with Crippen LogP contribution in [-0.2, 0) is 0 Å². The second kappa shape index (κ2) is 4.38. The molecule has 1 aliphatic rings. The van der Waals surface area contributed by atoms with E-state index in [1.165, 1.54) is 0 Å². The second-order valence-electron chi connectivity index (χ2n) is 4.88. The third-order valence-electron chi connectivity index (χ3n) is 3.17. The topological polar surface area (TPSA) is 96.7 Å². The Bertz CT molecular complexity index is 630. The van der Waals surface area contributed by atoms with Crippen LogP contribution in [-0.4, -0.2) is 21.1 Å². The minimum atomic E-state index is -0.312. The summed E-state index contributed by atoms with van der Waals surface area (Å²) >= 11 is 0. The summed E-state index contributed by atoms with van der Waals surface area (Å²) in [4.78, 5) is 16.1. The number of nitrogens with zero attached hydrogens (tertiary/aromatic N) is 2. The molecule has 0 aromatic carbocycles. The van der Waals surface area contributed by atoms with Crippen LogP contribution in [0.4, 0.5) is 11.4 Å². The zero-order chi connectivity index (χ0) is 13.4. The lowest BCUT2D eigenvalue weighted by Crippen LogP contribution is -2.14. The molecule has 3 rings (SSSR count). The van der Waals surface area contributed by atoms with E-state index in [1.807, 2.05) is 13.0 Å². The number of pyridine rings is 1. The quantitative estimate of drug-likeness (QED) is 0.781. The molecule has 19 heavy (non-hydrogen) atoms. The van der Waals surface area contributed by atoms with E-state index in [1.54, 1.807) is 12.4 Å². The Morgan fingerprint density at radius 2 is 2.26 bits per heavy atom. The van der Waals surface area contributed by atoms with Crippen molar-refractivity contribution in [2.24, 2.45) is 0 Å². The zero-order valence-electron chi connectivity index (χ0n) is 10.6. The van der Waals surface area contributed by atoms with Gasteiger partial charge in [-0.3, -0.25) is 14.9 Å². The van der Waals surface area contributed by atoms with E-state index >= 15 is 0 Å². The summed E-state index contributed by atoms with van der Waals surface area (Å²) in [5.41, 5.74) is 9.17. The highest BCUT2D eigenvalue weighted by atomic mass is 16.2. The first-order valence-corrected chi connectivity index (χ1v) is 6.22. The molecular formula is C13H15N5O. The van der Waals surface area contributed by atoms with E-state index in [2.05, 4.69) is 20.5 Å². The molecule has 1 fully saturated rings. The lowest BCUT2D eigenvalue weighted by molar-refractivity contribution is 0.102. The molecule has 0 aliphatic heterocycles. The molecule has 6 heteroatoms. The van der Waals surface area contributed by atoms with Gasteiger partial charge in [0.25, 0.3) is 5.91 Å². The number of rotatable bonds is 3. The molecule has 1 amide bonds. The predicted molar refractivity (Wildman–Crippen MR) is 71.9 cm³/mol. The first-order chi connectivity index (χ1) is 9.15. The van der Waals surface area contributed by atoms with Crippen LogP contribution in [0.15, 0.2) is 18.5 Å². The highest BCUT2D eigenvalue weighted by molar-refractivity contribution is 6.06. The SMILES string of the molecule is Cc1cncc(NC(=O)c2n[nH]c(C3CC3)c2N)c1. The van der Waals surface area contributed by atoms with Crippen LogP contribution < -0.4 is 11.1 Å². The molecule has 4 N–H and O–H groups in total. The number of H-pyrrole nitrogens is 1. The average molecular weight is 257 g/mol. The van der Waals surface area contributed by atoms with Crippen molar-refractivity contribution in [2.45, 2.75) is 25.7 Å². The van der Waals surface area contributed by atoms with Crippen LogP contribution in [0.2, 0.25) is 0 Å². The van der Waals surface area contributed by atoms with Crippen LogP contribution in [0, 0.1) is 6.92 Å². The van der Waals surface area contributed by atoms with E-state index in [0.29, 0.717) is 17.3 Å². The fourth-order valence-corrected chi connectivity index (χ4v) is 2.03. The van der Waals surface area contributed by atoms with E-state index in [0.717, 1.165) is 24.1 Å². The molecule has 2 heterocycles. The maximum Gasteiger partial charge on any atom is 0.278 e. The number of nitrogens with one attached hydrogen (secondary N) is 2. The van der Waals surface area contributed by atoms with Crippen LogP contribution in [0.25, 0.3) is 0 Å². The number of anilines is 2. The number of hydrogen-bond acceptors (Lipinski definition) is 4. The smallest absolute Gasteiger partial charge is 0.278 e. The maximum absolute atomic E-state index is 12.1. The van der Waals surface area contributed by atoms with Gasteiger partial charge in [-0.25, -0.2) is 0 Å². The van der Waals surface area contributed by atoms with Crippen molar-refractivity contribution in [3.8, 4) is 0 Å². The first kappa shape index (κ1) is 11.7. The normalized spacial score (nSPS) is 14.4. The van der Waals surface area contributed by atoms with Gasteiger partial charge in [0.15, 0.2) is 5.69 Å². The van der Waals surface area contributed by atoms with Gasteiger partial charge in [0.2, 0.25) is 0 Å². The van der Waals surface area contributed by atoms with E-state index in [9.17, 15) is 4.79 Å². The number of aryl methyl sites for hydroxylation is 1. The molecule has 1 aliphatic carbocycles. The highest BCUT2D eigenvalue weighted by Gasteiger charge is 2.30. The predicted octanol–water partition coefficient (Wildman–Crippen LogP) is 1.83. The number of carbonyl (C=O) groups excluding carboxylic acids is 1. The highest BCUT2D eigenvalue weighted by Crippen LogP contribution is 2.42. The fourth-order valence-electron chi connectivity index (χ4n) is 2.03. The molecule has 0 saturated heterocycles. The average Bonchev–Trinajstić information content (AvgIpc) is 3.13. The summed E-state index contributed by atoms with van der Waals surface area (Å²) in [6.45, 7) is 1.91. The largest absolute Gasteiger partial charge is 0.395 e. The number of amides is 1. The van der Waals surface area contributed by atoms with Crippen molar-refractivity contribution in [1.82, 2.24) is 15.2 Å². The third kappa shape index (κ3) is 2.29. The van der Waals surface area contributed by atoms with Crippen LogP contribution in [0.1, 0.15) is 40.5 Å². The van der Waals surface area contributed by atoms with Crippen molar-refractivity contribution in [1.29, 1.82) is 0 Å². The zero-order valence-corrected chi connectivity index (χ0v) is 10.6. The van der Waals surface area contributed by atoms with E-state index in [4.69, 9.17) is 5.73 Å².